The van der Waals surface area contributed by atoms with E-state index < -0.39 is 0 Å². The van der Waals surface area contributed by atoms with Gasteiger partial charge in [-0.2, -0.15) is 0 Å². The standard InChI is InChI=1S/C26H20N4O2S/c1-2-5-19-17(4-1)18-10-12-30(23-9-11-27-26(29-23)22-6-3-13-33-22)25(24(18)28-19)16-7-8-20-21(14-16)32-15-31-20/h1-9,11,13-14,25,28H,10,12,15H2. The molecule has 6 nitrogen and oxygen atoms in total. The number of ether oxygens (including phenoxy) is 2. The molecule has 1 atom stereocenters. The largest absolute Gasteiger partial charge is 0.454 e. The normalized spacial score (nSPS) is 16.8. The van der Waals surface area contributed by atoms with Crippen LogP contribution in [0.2, 0.25) is 0 Å². The number of nitrogens with zero attached hydrogens (tertiary/aromatic N) is 3. The van der Waals surface area contributed by atoms with Gasteiger partial charge in [0.1, 0.15) is 5.82 Å². The second-order valence-electron chi connectivity index (χ2n) is 8.24. The summed E-state index contributed by atoms with van der Waals surface area (Å²) in [5.41, 5.74) is 4.88. The molecular formula is C26H20N4O2S. The number of aromatic amines is 1. The number of nitrogens with one attached hydrogen (secondary N) is 1. The Kier molecular flexibility index (Phi) is 4.17. The van der Waals surface area contributed by atoms with Crippen LogP contribution in [0.4, 0.5) is 5.82 Å². The molecule has 3 aromatic heterocycles. The fourth-order valence-electron chi connectivity index (χ4n) is 4.95. The van der Waals surface area contributed by atoms with E-state index >= 15 is 0 Å². The fourth-order valence-corrected chi connectivity index (χ4v) is 5.62. The summed E-state index contributed by atoms with van der Waals surface area (Å²) in [4.78, 5) is 16.7. The van der Waals surface area contributed by atoms with Crippen molar-refractivity contribution < 1.29 is 9.47 Å². The maximum atomic E-state index is 5.71. The second-order valence-corrected chi connectivity index (χ2v) is 9.18. The summed E-state index contributed by atoms with van der Waals surface area (Å²) in [5.74, 6) is 3.26. The molecule has 0 saturated carbocycles. The van der Waals surface area contributed by atoms with Gasteiger partial charge < -0.3 is 19.4 Å². The Morgan fingerprint density at radius 1 is 1.00 bits per heavy atom. The molecular weight excluding hydrogens is 432 g/mol. The highest BCUT2D eigenvalue weighted by molar-refractivity contribution is 7.13. The van der Waals surface area contributed by atoms with Gasteiger partial charge in [-0.3, -0.25) is 0 Å². The highest BCUT2D eigenvalue weighted by Crippen LogP contribution is 2.43. The van der Waals surface area contributed by atoms with Gasteiger partial charge in [-0.1, -0.05) is 30.3 Å². The molecule has 7 rings (SSSR count). The summed E-state index contributed by atoms with van der Waals surface area (Å²) in [6, 6.07) is 20.8. The van der Waals surface area contributed by atoms with Crippen molar-refractivity contribution in [2.24, 2.45) is 0 Å². The number of fused-ring (bicyclic) bond motifs is 4. The molecule has 0 spiro atoms. The van der Waals surface area contributed by atoms with Crippen LogP contribution in [0.1, 0.15) is 22.9 Å². The molecule has 2 aromatic carbocycles. The van der Waals surface area contributed by atoms with Crippen molar-refractivity contribution in [2.45, 2.75) is 12.5 Å². The first-order chi connectivity index (χ1) is 16.3. The summed E-state index contributed by atoms with van der Waals surface area (Å²) >= 11 is 1.65. The van der Waals surface area contributed by atoms with Crippen LogP contribution < -0.4 is 14.4 Å². The molecule has 2 aliphatic rings. The second kappa shape index (κ2) is 7.35. The molecule has 0 radical (unpaired) electrons. The Balaban J connectivity index is 1.40. The Labute approximate surface area is 194 Å². The van der Waals surface area contributed by atoms with E-state index in [9.17, 15) is 0 Å². The van der Waals surface area contributed by atoms with Crippen molar-refractivity contribution in [1.29, 1.82) is 0 Å². The molecule has 0 amide bonds. The van der Waals surface area contributed by atoms with Crippen LogP contribution in [0.3, 0.4) is 0 Å². The molecule has 0 bridgehead atoms. The van der Waals surface area contributed by atoms with Gasteiger partial charge in [0.2, 0.25) is 6.79 Å². The summed E-state index contributed by atoms with van der Waals surface area (Å²) in [6.45, 7) is 1.12. The third kappa shape index (κ3) is 3.00. The summed E-state index contributed by atoms with van der Waals surface area (Å²) in [7, 11) is 0. The van der Waals surface area contributed by atoms with Gasteiger partial charge in [0.05, 0.1) is 10.9 Å². The van der Waals surface area contributed by atoms with E-state index in [0.717, 1.165) is 52.1 Å². The minimum Gasteiger partial charge on any atom is -0.454 e. The lowest BCUT2D eigenvalue weighted by atomic mass is 9.92. The van der Waals surface area contributed by atoms with Gasteiger partial charge in [-0.25, -0.2) is 9.97 Å². The third-order valence-electron chi connectivity index (χ3n) is 6.42. The lowest BCUT2D eigenvalue weighted by Crippen LogP contribution is -2.36. The van der Waals surface area contributed by atoms with Crippen LogP contribution in [0.5, 0.6) is 11.5 Å². The zero-order valence-electron chi connectivity index (χ0n) is 17.7. The third-order valence-corrected chi connectivity index (χ3v) is 7.29. The van der Waals surface area contributed by atoms with E-state index in [-0.39, 0.29) is 12.8 Å². The van der Waals surface area contributed by atoms with E-state index in [4.69, 9.17) is 14.5 Å². The molecule has 2 aliphatic heterocycles. The van der Waals surface area contributed by atoms with Crippen LogP contribution in [-0.4, -0.2) is 28.3 Å². The molecule has 5 aromatic rings. The summed E-state index contributed by atoms with van der Waals surface area (Å²) < 4.78 is 11.3. The van der Waals surface area contributed by atoms with E-state index in [1.54, 1.807) is 11.3 Å². The Hall–Kier alpha value is -3.84. The minimum atomic E-state index is -0.0262. The van der Waals surface area contributed by atoms with Gasteiger partial charge in [0.25, 0.3) is 0 Å². The number of aromatic nitrogens is 3. The Morgan fingerprint density at radius 2 is 1.94 bits per heavy atom. The van der Waals surface area contributed by atoms with Crippen LogP contribution in [0.25, 0.3) is 21.6 Å². The van der Waals surface area contributed by atoms with Gasteiger partial charge >= 0.3 is 0 Å². The maximum absolute atomic E-state index is 5.71. The van der Waals surface area contributed by atoms with E-state index in [1.807, 2.05) is 24.4 Å². The fraction of sp³-hybridized carbons (Fsp3) is 0.154. The van der Waals surface area contributed by atoms with Crippen LogP contribution in [0, 0.1) is 0 Å². The molecule has 0 aliphatic carbocycles. The van der Waals surface area contributed by atoms with Crippen molar-refractivity contribution in [3.8, 4) is 22.2 Å². The first kappa shape index (κ1) is 18.7. The number of para-hydroxylation sites is 1. The highest BCUT2D eigenvalue weighted by Gasteiger charge is 2.33. The molecule has 1 N–H and O–H groups in total. The van der Waals surface area contributed by atoms with Crippen LogP contribution in [0.15, 0.2) is 72.2 Å². The van der Waals surface area contributed by atoms with Crippen molar-refractivity contribution in [1.82, 2.24) is 15.0 Å². The average Bonchev–Trinajstić information content (AvgIpc) is 3.62. The number of H-pyrrole nitrogens is 1. The maximum Gasteiger partial charge on any atom is 0.231 e. The van der Waals surface area contributed by atoms with Gasteiger partial charge in [-0.05, 0) is 53.3 Å². The van der Waals surface area contributed by atoms with Crippen molar-refractivity contribution in [2.75, 3.05) is 18.2 Å². The first-order valence-electron chi connectivity index (χ1n) is 11.0. The predicted octanol–water partition coefficient (Wildman–Crippen LogP) is 5.57. The van der Waals surface area contributed by atoms with E-state index in [2.05, 4.69) is 62.7 Å². The highest BCUT2D eigenvalue weighted by atomic mass is 32.1. The average molecular weight is 453 g/mol. The number of hydrogen-bond acceptors (Lipinski definition) is 6. The summed E-state index contributed by atoms with van der Waals surface area (Å²) in [6.07, 6.45) is 2.80. The number of rotatable bonds is 3. The van der Waals surface area contributed by atoms with Crippen LogP contribution in [-0.2, 0) is 6.42 Å². The lowest BCUT2D eigenvalue weighted by Gasteiger charge is -2.37. The minimum absolute atomic E-state index is 0.0262. The van der Waals surface area contributed by atoms with Crippen molar-refractivity contribution >= 4 is 28.1 Å². The molecule has 5 heterocycles. The molecule has 0 saturated heterocycles. The molecule has 1 unspecified atom stereocenters. The van der Waals surface area contributed by atoms with Gasteiger partial charge in [0, 0.05) is 29.3 Å². The molecule has 162 valence electrons. The molecule has 7 heteroatoms. The SMILES string of the molecule is c1csc(-c2nccc(N3CCc4c([nH]c5ccccc45)C3c3ccc4c(c3)OCO4)n2)c1. The quantitative estimate of drug-likeness (QED) is 0.388. The summed E-state index contributed by atoms with van der Waals surface area (Å²) in [5, 5.41) is 3.35. The van der Waals surface area contributed by atoms with Crippen molar-refractivity contribution in [3.63, 3.8) is 0 Å². The zero-order chi connectivity index (χ0) is 21.8. The molecule has 0 fully saturated rings. The van der Waals surface area contributed by atoms with Crippen LogP contribution >= 0.6 is 11.3 Å². The van der Waals surface area contributed by atoms with E-state index in [1.165, 1.54) is 16.6 Å². The number of benzene rings is 2. The first-order valence-corrected chi connectivity index (χ1v) is 11.9. The van der Waals surface area contributed by atoms with Gasteiger partial charge in [0.15, 0.2) is 17.3 Å². The van der Waals surface area contributed by atoms with Gasteiger partial charge in [-0.15, -0.1) is 11.3 Å². The predicted molar refractivity (Wildman–Crippen MR) is 129 cm³/mol. The zero-order valence-corrected chi connectivity index (χ0v) is 18.5. The lowest BCUT2D eigenvalue weighted by molar-refractivity contribution is 0.174. The topological polar surface area (TPSA) is 63.3 Å². The smallest absolute Gasteiger partial charge is 0.231 e. The van der Waals surface area contributed by atoms with Crippen molar-refractivity contribution in [3.05, 3.63) is 89.1 Å². The Bertz CT molecular complexity index is 1480. The number of thiophene rings is 1. The Morgan fingerprint density at radius 3 is 2.88 bits per heavy atom. The molecule has 33 heavy (non-hydrogen) atoms. The number of anilines is 1. The number of hydrogen-bond donors (Lipinski definition) is 1. The monoisotopic (exact) mass is 452 g/mol. The van der Waals surface area contributed by atoms with E-state index in [0.29, 0.717) is 0 Å².